The number of rotatable bonds is 4. The van der Waals surface area contributed by atoms with E-state index in [2.05, 4.69) is 39.4 Å². The molecule has 146 valence electrons. The number of hydrogen-bond acceptors (Lipinski definition) is 3. The largest absolute Gasteiger partial charge is 0.440 e. The van der Waals surface area contributed by atoms with E-state index in [1.54, 1.807) is 0 Å². The van der Waals surface area contributed by atoms with Crippen LogP contribution in [0, 0.1) is 0 Å². The number of ketones is 1. The van der Waals surface area contributed by atoms with Crippen LogP contribution in [0.4, 0.5) is 5.69 Å². The minimum absolute atomic E-state index is 0.0335. The van der Waals surface area contributed by atoms with Gasteiger partial charge in [-0.15, -0.1) is 0 Å². The number of Topliss-reactive ketones (excluding diaryl/α,β-unsaturated/α-hetero) is 1. The average molecular weight is 456 g/mol. The lowest BCUT2D eigenvalue weighted by Gasteiger charge is -2.25. The Bertz CT molecular complexity index is 1280. The Morgan fingerprint density at radius 3 is 2.37 bits per heavy atom. The molecule has 3 nitrogen and oxygen atoms in total. The van der Waals surface area contributed by atoms with Crippen molar-refractivity contribution >= 4 is 38.2 Å². The van der Waals surface area contributed by atoms with Gasteiger partial charge in [0.1, 0.15) is 5.75 Å². The molecule has 0 atom stereocenters. The highest BCUT2D eigenvalue weighted by atomic mass is 79.9. The van der Waals surface area contributed by atoms with Crippen molar-refractivity contribution in [2.24, 2.45) is 0 Å². The van der Waals surface area contributed by atoms with Gasteiger partial charge in [-0.25, -0.2) is 0 Å². The molecule has 5 rings (SSSR count). The summed E-state index contributed by atoms with van der Waals surface area (Å²) in [7, 11) is 0. The first-order valence-electron chi connectivity index (χ1n) is 9.73. The predicted molar refractivity (Wildman–Crippen MR) is 124 cm³/mol. The van der Waals surface area contributed by atoms with Crippen LogP contribution < -0.4 is 10.1 Å². The molecule has 0 spiro atoms. The molecular weight excluding hydrogens is 438 g/mol. The van der Waals surface area contributed by atoms with Crippen LogP contribution in [0.15, 0.2) is 107 Å². The summed E-state index contributed by atoms with van der Waals surface area (Å²) in [5, 5.41) is 5.56. The topological polar surface area (TPSA) is 38.3 Å². The second kappa shape index (κ2) is 7.81. The van der Waals surface area contributed by atoms with Gasteiger partial charge in [0, 0.05) is 27.7 Å². The first-order chi connectivity index (χ1) is 14.7. The normalized spacial score (nSPS) is 13.0. The molecule has 1 aliphatic rings. The number of allylic oxidation sites excluding steroid dienone is 1. The lowest BCUT2D eigenvalue weighted by atomic mass is 9.92. The van der Waals surface area contributed by atoms with E-state index in [9.17, 15) is 4.79 Å². The summed E-state index contributed by atoms with van der Waals surface area (Å²) in [5.41, 5.74) is 3.16. The summed E-state index contributed by atoms with van der Waals surface area (Å²) >= 11 is 3.46. The summed E-state index contributed by atoms with van der Waals surface area (Å²) in [4.78, 5) is 13.4. The predicted octanol–water partition coefficient (Wildman–Crippen LogP) is 6.74. The van der Waals surface area contributed by atoms with E-state index in [1.165, 1.54) is 0 Å². The zero-order valence-electron chi connectivity index (χ0n) is 16.1. The highest BCUT2D eigenvalue weighted by molar-refractivity contribution is 9.10. The second-order valence-corrected chi connectivity index (χ2v) is 8.09. The molecule has 1 N–H and O–H groups in total. The van der Waals surface area contributed by atoms with E-state index in [1.807, 2.05) is 72.8 Å². The van der Waals surface area contributed by atoms with Gasteiger partial charge in [0.05, 0.1) is 5.57 Å². The number of carbonyl (C=O) groups is 1. The monoisotopic (exact) mass is 455 g/mol. The Morgan fingerprint density at radius 1 is 0.833 bits per heavy atom. The first kappa shape index (κ1) is 18.6. The summed E-state index contributed by atoms with van der Waals surface area (Å²) in [6.45, 7) is 0. The summed E-state index contributed by atoms with van der Waals surface area (Å²) in [6, 6.07) is 29.3. The van der Waals surface area contributed by atoms with Gasteiger partial charge < -0.3 is 10.1 Å². The quantitative estimate of drug-likeness (QED) is 0.346. The van der Waals surface area contributed by atoms with E-state index < -0.39 is 0 Å². The molecule has 0 bridgehead atoms. The van der Waals surface area contributed by atoms with Gasteiger partial charge >= 0.3 is 0 Å². The number of ether oxygens (including phenoxy) is 1. The van der Waals surface area contributed by atoms with Crippen molar-refractivity contribution in [1.29, 1.82) is 0 Å². The van der Waals surface area contributed by atoms with Gasteiger partial charge in [0.2, 0.25) is 5.88 Å². The molecule has 0 amide bonds. The van der Waals surface area contributed by atoms with Crippen LogP contribution in [0.2, 0.25) is 0 Å². The Hall–Kier alpha value is -3.37. The number of anilines is 1. The number of hydrogen-bond donors (Lipinski definition) is 1. The molecule has 4 aromatic carbocycles. The van der Waals surface area contributed by atoms with Crippen molar-refractivity contribution in [3.63, 3.8) is 0 Å². The molecule has 30 heavy (non-hydrogen) atoms. The molecule has 4 aromatic rings. The molecule has 0 radical (unpaired) electrons. The van der Waals surface area contributed by atoms with Gasteiger partial charge in [-0.05, 0) is 41.1 Å². The number of halogens is 1. The molecule has 1 heterocycles. The lowest BCUT2D eigenvalue weighted by Crippen LogP contribution is -2.22. The Labute approximate surface area is 183 Å². The van der Waals surface area contributed by atoms with E-state index in [0.29, 0.717) is 23.4 Å². The highest BCUT2D eigenvalue weighted by Crippen LogP contribution is 2.37. The van der Waals surface area contributed by atoms with Crippen molar-refractivity contribution in [3.05, 3.63) is 118 Å². The third-order valence-corrected chi connectivity index (χ3v) is 5.78. The highest BCUT2D eigenvalue weighted by Gasteiger charge is 2.27. The fourth-order valence-corrected chi connectivity index (χ4v) is 4.00. The minimum atomic E-state index is -0.0335. The maximum Gasteiger partial charge on any atom is 0.205 e. The maximum absolute atomic E-state index is 13.4. The van der Waals surface area contributed by atoms with Crippen molar-refractivity contribution in [2.75, 3.05) is 5.32 Å². The van der Waals surface area contributed by atoms with Gasteiger partial charge in [-0.3, -0.25) is 4.79 Å². The Balaban J connectivity index is 1.61. The van der Waals surface area contributed by atoms with Crippen LogP contribution in [0.3, 0.4) is 0 Å². The molecule has 0 aliphatic carbocycles. The van der Waals surface area contributed by atoms with E-state index in [4.69, 9.17) is 4.74 Å². The van der Waals surface area contributed by atoms with E-state index in [-0.39, 0.29) is 5.78 Å². The molecule has 1 aliphatic heterocycles. The third kappa shape index (κ3) is 3.51. The van der Waals surface area contributed by atoms with E-state index in [0.717, 1.165) is 32.2 Å². The van der Waals surface area contributed by atoms with Crippen molar-refractivity contribution < 1.29 is 9.53 Å². The van der Waals surface area contributed by atoms with Gasteiger partial charge in [0.25, 0.3) is 0 Å². The molecular formula is C26H18BrNO2. The van der Waals surface area contributed by atoms with Crippen LogP contribution in [0.25, 0.3) is 10.8 Å². The molecule has 0 saturated heterocycles. The number of fused-ring (bicyclic) bond motifs is 3. The van der Waals surface area contributed by atoms with Crippen LogP contribution in [0.5, 0.6) is 5.75 Å². The lowest BCUT2D eigenvalue weighted by molar-refractivity contribution is 0.102. The molecule has 0 aromatic heterocycles. The van der Waals surface area contributed by atoms with Crippen LogP contribution >= 0.6 is 15.9 Å². The zero-order valence-corrected chi connectivity index (χ0v) is 17.6. The molecule has 0 fully saturated rings. The fourth-order valence-electron chi connectivity index (χ4n) is 3.73. The first-order valence-corrected chi connectivity index (χ1v) is 10.5. The van der Waals surface area contributed by atoms with Gasteiger partial charge in [-0.2, -0.15) is 0 Å². The minimum Gasteiger partial charge on any atom is -0.440 e. The third-order valence-electron chi connectivity index (χ3n) is 5.25. The summed E-state index contributed by atoms with van der Waals surface area (Å²) in [5.74, 6) is 1.22. The molecule has 0 saturated carbocycles. The second-order valence-electron chi connectivity index (χ2n) is 7.18. The average Bonchev–Trinajstić information content (AvgIpc) is 2.80. The summed E-state index contributed by atoms with van der Waals surface area (Å²) < 4.78 is 7.26. The maximum atomic E-state index is 13.4. The SMILES string of the molecule is O=C(C1=C(Nc2ccc(Br)cc2)Oc2ccc3ccccc3c2C1)c1ccccc1. The van der Waals surface area contributed by atoms with Crippen molar-refractivity contribution in [3.8, 4) is 5.75 Å². The van der Waals surface area contributed by atoms with E-state index >= 15 is 0 Å². The summed E-state index contributed by atoms with van der Waals surface area (Å²) in [6.07, 6.45) is 0.503. The fraction of sp³-hybridized carbons (Fsp3) is 0.0385. The number of carbonyl (C=O) groups excluding carboxylic acids is 1. The van der Waals surface area contributed by atoms with Gasteiger partial charge in [-0.1, -0.05) is 76.6 Å². The van der Waals surface area contributed by atoms with Crippen LogP contribution in [0.1, 0.15) is 15.9 Å². The Morgan fingerprint density at radius 2 is 1.57 bits per heavy atom. The molecule has 0 unspecified atom stereocenters. The van der Waals surface area contributed by atoms with Crippen LogP contribution in [-0.2, 0) is 6.42 Å². The van der Waals surface area contributed by atoms with Crippen molar-refractivity contribution in [2.45, 2.75) is 6.42 Å². The Kier molecular flexibility index (Phi) is 4.85. The molecule has 4 heteroatoms. The number of nitrogens with one attached hydrogen (secondary N) is 1. The zero-order chi connectivity index (χ0) is 20.5. The van der Waals surface area contributed by atoms with Crippen molar-refractivity contribution in [1.82, 2.24) is 0 Å². The smallest absolute Gasteiger partial charge is 0.205 e. The van der Waals surface area contributed by atoms with Crippen LogP contribution in [-0.4, -0.2) is 5.78 Å². The standard InChI is InChI=1S/C26H18BrNO2/c27-19-11-13-20(14-12-19)28-26-23(25(29)18-7-2-1-3-8-18)16-22-21-9-5-4-6-17(21)10-15-24(22)30-26/h1-15,28H,16H2. The number of benzene rings is 4. The van der Waals surface area contributed by atoms with Gasteiger partial charge in [0.15, 0.2) is 5.78 Å².